The maximum atomic E-state index is 13.6. The van der Waals surface area contributed by atoms with Crippen LogP contribution in [0.5, 0.6) is 0 Å². The molecule has 1 aromatic heterocycles. The highest BCUT2D eigenvalue weighted by atomic mass is 79.9. The van der Waals surface area contributed by atoms with Gasteiger partial charge in [-0.05, 0) is 55.0 Å². The van der Waals surface area contributed by atoms with Crippen molar-refractivity contribution in [1.82, 2.24) is 9.88 Å². The molecule has 2 heterocycles. The predicted octanol–water partition coefficient (Wildman–Crippen LogP) is 6.76. The summed E-state index contributed by atoms with van der Waals surface area (Å²) in [4.78, 5) is 20.5. The molecule has 160 valence electrons. The highest BCUT2D eigenvalue weighted by Gasteiger charge is 2.25. The first kappa shape index (κ1) is 20.9. The van der Waals surface area contributed by atoms with Crippen LogP contribution in [0.1, 0.15) is 28.8 Å². The van der Waals surface area contributed by atoms with Crippen LogP contribution in [-0.4, -0.2) is 28.9 Å². The number of halogens is 1. The number of aromatic nitrogens is 1. The second-order valence-electron chi connectivity index (χ2n) is 8.51. The molecule has 0 N–H and O–H groups in total. The van der Waals surface area contributed by atoms with Crippen LogP contribution in [0.15, 0.2) is 89.4 Å². The van der Waals surface area contributed by atoms with Crippen molar-refractivity contribution < 1.29 is 4.79 Å². The molecule has 0 spiro atoms. The standard InChI is InChI=1S/C28H25BrN2O/c29-23-10-6-9-22(18-23)27-19-25(24-11-4-5-12-26(24)30-27)28(32)31-15-13-21(14-16-31)17-20-7-2-1-3-8-20/h1-12,18-19,21H,13-17H2. The van der Waals surface area contributed by atoms with E-state index >= 15 is 0 Å². The highest BCUT2D eigenvalue weighted by Crippen LogP contribution is 2.29. The van der Waals surface area contributed by atoms with Crippen LogP contribution < -0.4 is 0 Å². The third-order valence-electron chi connectivity index (χ3n) is 6.34. The van der Waals surface area contributed by atoms with Gasteiger partial charge in [0.15, 0.2) is 0 Å². The first-order valence-electron chi connectivity index (χ1n) is 11.2. The minimum atomic E-state index is 0.109. The van der Waals surface area contributed by atoms with Crippen LogP contribution in [0.25, 0.3) is 22.2 Å². The SMILES string of the molecule is O=C(c1cc(-c2cccc(Br)c2)nc2ccccc12)N1CCC(Cc2ccccc2)CC1. The molecular formula is C28H25BrN2O. The molecule has 0 atom stereocenters. The number of pyridine rings is 1. The van der Waals surface area contributed by atoms with E-state index in [1.54, 1.807) is 0 Å². The Morgan fingerprint density at radius 1 is 0.906 bits per heavy atom. The van der Waals surface area contributed by atoms with Crippen LogP contribution in [0, 0.1) is 5.92 Å². The minimum absolute atomic E-state index is 0.109. The molecule has 3 nitrogen and oxygen atoms in total. The van der Waals surface area contributed by atoms with Gasteiger partial charge in [-0.25, -0.2) is 4.98 Å². The molecule has 4 aromatic rings. The van der Waals surface area contributed by atoms with E-state index in [4.69, 9.17) is 4.98 Å². The van der Waals surface area contributed by atoms with E-state index in [-0.39, 0.29) is 5.91 Å². The molecule has 1 amide bonds. The molecular weight excluding hydrogens is 460 g/mol. The van der Waals surface area contributed by atoms with Gasteiger partial charge in [-0.2, -0.15) is 0 Å². The van der Waals surface area contributed by atoms with Crippen molar-refractivity contribution in [2.24, 2.45) is 5.92 Å². The van der Waals surface area contributed by atoms with Gasteiger partial charge in [0.25, 0.3) is 5.91 Å². The second-order valence-corrected chi connectivity index (χ2v) is 9.42. The smallest absolute Gasteiger partial charge is 0.254 e. The molecule has 0 saturated carbocycles. The fourth-order valence-corrected chi connectivity index (χ4v) is 5.01. The number of piperidine rings is 1. The average molecular weight is 485 g/mol. The summed E-state index contributed by atoms with van der Waals surface area (Å²) in [5, 5.41) is 0.919. The van der Waals surface area contributed by atoms with E-state index in [1.165, 1.54) is 5.56 Å². The molecule has 1 fully saturated rings. The van der Waals surface area contributed by atoms with Gasteiger partial charge in [0.05, 0.1) is 16.8 Å². The molecule has 0 unspecified atom stereocenters. The molecule has 4 heteroatoms. The summed E-state index contributed by atoms with van der Waals surface area (Å²) in [6, 6.07) is 28.6. The first-order chi connectivity index (χ1) is 15.7. The largest absolute Gasteiger partial charge is 0.339 e. The lowest BCUT2D eigenvalue weighted by Gasteiger charge is -2.32. The van der Waals surface area contributed by atoms with Gasteiger partial charge < -0.3 is 4.90 Å². The number of likely N-dealkylation sites (tertiary alicyclic amines) is 1. The summed E-state index contributed by atoms with van der Waals surface area (Å²) >= 11 is 3.55. The maximum absolute atomic E-state index is 13.6. The number of amides is 1. The topological polar surface area (TPSA) is 33.2 Å². The van der Waals surface area contributed by atoms with Crippen LogP contribution >= 0.6 is 15.9 Å². The lowest BCUT2D eigenvalue weighted by Crippen LogP contribution is -2.39. The van der Waals surface area contributed by atoms with Crippen molar-refractivity contribution in [3.63, 3.8) is 0 Å². The molecule has 1 aliphatic heterocycles. The first-order valence-corrected chi connectivity index (χ1v) is 12.0. The molecule has 0 radical (unpaired) electrons. The van der Waals surface area contributed by atoms with Gasteiger partial charge >= 0.3 is 0 Å². The van der Waals surface area contributed by atoms with Crippen molar-refractivity contribution in [2.45, 2.75) is 19.3 Å². The van der Waals surface area contributed by atoms with Crippen LogP contribution in [0.2, 0.25) is 0 Å². The van der Waals surface area contributed by atoms with Crippen LogP contribution in [-0.2, 0) is 6.42 Å². The number of fused-ring (bicyclic) bond motifs is 1. The van der Waals surface area contributed by atoms with E-state index < -0.39 is 0 Å². The van der Waals surface area contributed by atoms with Gasteiger partial charge in [-0.3, -0.25) is 4.79 Å². The molecule has 3 aromatic carbocycles. The monoisotopic (exact) mass is 484 g/mol. The summed E-state index contributed by atoms with van der Waals surface area (Å²) in [6.07, 6.45) is 3.18. The molecule has 0 aliphatic carbocycles. The summed E-state index contributed by atoms with van der Waals surface area (Å²) in [7, 11) is 0. The van der Waals surface area contributed by atoms with Crippen molar-refractivity contribution in [1.29, 1.82) is 0 Å². The van der Waals surface area contributed by atoms with Crippen LogP contribution in [0.4, 0.5) is 0 Å². The number of carbonyl (C=O) groups is 1. The normalized spacial score (nSPS) is 14.6. The van der Waals surface area contributed by atoms with Crippen LogP contribution in [0.3, 0.4) is 0 Å². The number of hydrogen-bond donors (Lipinski definition) is 0. The van der Waals surface area contributed by atoms with Gasteiger partial charge in [0, 0.05) is 28.5 Å². The minimum Gasteiger partial charge on any atom is -0.339 e. The molecule has 5 rings (SSSR count). The molecule has 32 heavy (non-hydrogen) atoms. The Balaban J connectivity index is 1.40. The number of benzene rings is 3. The number of para-hydroxylation sites is 1. The lowest BCUT2D eigenvalue weighted by atomic mass is 9.90. The average Bonchev–Trinajstić information content (AvgIpc) is 2.84. The zero-order chi connectivity index (χ0) is 21.9. The number of nitrogens with zero attached hydrogens (tertiary/aromatic N) is 2. The van der Waals surface area contributed by atoms with Gasteiger partial charge in [0.2, 0.25) is 0 Å². The second kappa shape index (κ2) is 9.25. The van der Waals surface area contributed by atoms with E-state index in [1.807, 2.05) is 59.5 Å². The van der Waals surface area contributed by atoms with E-state index in [9.17, 15) is 4.79 Å². The Morgan fingerprint density at radius 3 is 2.44 bits per heavy atom. The Labute approximate surface area is 197 Å². The highest BCUT2D eigenvalue weighted by molar-refractivity contribution is 9.10. The lowest BCUT2D eigenvalue weighted by molar-refractivity contribution is 0.0692. The van der Waals surface area contributed by atoms with E-state index in [0.717, 1.165) is 64.5 Å². The number of hydrogen-bond acceptors (Lipinski definition) is 2. The van der Waals surface area contributed by atoms with E-state index in [0.29, 0.717) is 5.92 Å². The Kier molecular flexibility index (Phi) is 6.04. The zero-order valence-electron chi connectivity index (χ0n) is 17.9. The predicted molar refractivity (Wildman–Crippen MR) is 134 cm³/mol. The quantitative estimate of drug-likeness (QED) is 0.320. The summed E-state index contributed by atoms with van der Waals surface area (Å²) in [5.41, 5.74) is 4.81. The zero-order valence-corrected chi connectivity index (χ0v) is 19.5. The third kappa shape index (κ3) is 4.46. The number of rotatable bonds is 4. The summed E-state index contributed by atoms with van der Waals surface area (Å²) in [5.74, 6) is 0.742. The van der Waals surface area contributed by atoms with Crippen molar-refractivity contribution in [3.8, 4) is 11.3 Å². The Morgan fingerprint density at radius 2 is 1.66 bits per heavy atom. The summed E-state index contributed by atoms with van der Waals surface area (Å²) < 4.78 is 0.998. The van der Waals surface area contributed by atoms with Crippen molar-refractivity contribution in [2.75, 3.05) is 13.1 Å². The Bertz CT molecular complexity index is 1250. The third-order valence-corrected chi connectivity index (χ3v) is 6.83. The fraction of sp³-hybridized carbons (Fsp3) is 0.214. The van der Waals surface area contributed by atoms with E-state index in [2.05, 4.69) is 46.3 Å². The van der Waals surface area contributed by atoms with Crippen molar-refractivity contribution >= 4 is 32.7 Å². The van der Waals surface area contributed by atoms with Gasteiger partial charge in [-0.1, -0.05) is 76.6 Å². The molecule has 1 saturated heterocycles. The molecule has 0 bridgehead atoms. The van der Waals surface area contributed by atoms with Crippen molar-refractivity contribution in [3.05, 3.63) is 101 Å². The fourth-order valence-electron chi connectivity index (χ4n) is 4.61. The van der Waals surface area contributed by atoms with Gasteiger partial charge in [-0.15, -0.1) is 0 Å². The molecule has 1 aliphatic rings. The Hall–Kier alpha value is -2.98. The number of carbonyl (C=O) groups excluding carboxylic acids is 1. The van der Waals surface area contributed by atoms with Gasteiger partial charge in [0.1, 0.15) is 0 Å². The maximum Gasteiger partial charge on any atom is 0.254 e. The summed E-state index contributed by atoms with van der Waals surface area (Å²) in [6.45, 7) is 1.61.